The summed E-state index contributed by atoms with van der Waals surface area (Å²) < 4.78 is 19.5. The quantitative estimate of drug-likeness (QED) is 0.368. The van der Waals surface area contributed by atoms with Gasteiger partial charge in [-0.1, -0.05) is 24.3 Å². The van der Waals surface area contributed by atoms with Crippen molar-refractivity contribution in [3.8, 4) is 0 Å². The van der Waals surface area contributed by atoms with Crippen LogP contribution in [0.25, 0.3) is 0 Å². The summed E-state index contributed by atoms with van der Waals surface area (Å²) in [4.78, 5) is 11.1. The predicted octanol–water partition coefficient (Wildman–Crippen LogP) is 3.18. The number of hydrogen-bond donors (Lipinski definition) is 1. The van der Waals surface area contributed by atoms with E-state index in [1.807, 2.05) is 19.2 Å². The molecule has 0 atom stereocenters. The molecule has 0 unspecified atom stereocenters. The van der Waals surface area contributed by atoms with Gasteiger partial charge in [-0.25, -0.2) is 4.39 Å². The Balaban J connectivity index is 0.00000272. The van der Waals surface area contributed by atoms with Crippen molar-refractivity contribution in [1.82, 2.24) is 10.2 Å². The Bertz CT molecular complexity index is 849. The largest absolute Gasteiger partial charge is 0.378 e. The molecule has 8 heteroatoms. The molecule has 0 aromatic heterocycles. The second kappa shape index (κ2) is 11.5. The molecule has 6 nitrogen and oxygen atoms in total. The van der Waals surface area contributed by atoms with Gasteiger partial charge in [0, 0.05) is 58.5 Å². The fourth-order valence-electron chi connectivity index (χ4n) is 4.03. The zero-order chi connectivity index (χ0) is 20.8. The number of rotatable bonds is 4. The van der Waals surface area contributed by atoms with Crippen molar-refractivity contribution in [1.29, 1.82) is 0 Å². The molecule has 4 rings (SSSR count). The number of benzene rings is 2. The smallest absolute Gasteiger partial charge is 0.194 e. The van der Waals surface area contributed by atoms with Gasteiger partial charge in [0.05, 0.1) is 18.9 Å². The maximum absolute atomic E-state index is 14.1. The van der Waals surface area contributed by atoms with Gasteiger partial charge < -0.3 is 24.8 Å². The van der Waals surface area contributed by atoms with Crippen molar-refractivity contribution in [2.24, 2.45) is 4.99 Å². The SMILES string of the molecule is CN=C(NCc1ccc(N2CCOCC2)cc1)N1CCN(c2ccccc2F)CC1.I. The summed E-state index contributed by atoms with van der Waals surface area (Å²) in [5.74, 6) is 0.731. The summed E-state index contributed by atoms with van der Waals surface area (Å²) in [6.45, 7) is 7.38. The van der Waals surface area contributed by atoms with Crippen LogP contribution in [0.3, 0.4) is 0 Å². The molecule has 31 heavy (non-hydrogen) atoms. The van der Waals surface area contributed by atoms with E-state index in [1.54, 1.807) is 6.07 Å². The predicted molar refractivity (Wildman–Crippen MR) is 135 cm³/mol. The van der Waals surface area contributed by atoms with E-state index >= 15 is 0 Å². The van der Waals surface area contributed by atoms with Crippen molar-refractivity contribution in [3.05, 3.63) is 59.9 Å². The lowest BCUT2D eigenvalue weighted by Crippen LogP contribution is -2.52. The normalized spacial score (nSPS) is 17.4. The van der Waals surface area contributed by atoms with Gasteiger partial charge in [-0.15, -0.1) is 24.0 Å². The monoisotopic (exact) mass is 539 g/mol. The standard InChI is InChI=1S/C23H30FN5O.HI/c1-25-23(29-12-10-28(11-13-29)22-5-3-2-4-21(22)24)26-18-19-6-8-20(9-7-19)27-14-16-30-17-15-27;/h2-9H,10-18H2,1H3,(H,25,26);1H. The third kappa shape index (κ3) is 6.00. The van der Waals surface area contributed by atoms with Gasteiger partial charge in [-0.2, -0.15) is 0 Å². The highest BCUT2D eigenvalue weighted by molar-refractivity contribution is 14.0. The highest BCUT2D eigenvalue weighted by Crippen LogP contribution is 2.20. The van der Waals surface area contributed by atoms with E-state index in [-0.39, 0.29) is 29.8 Å². The van der Waals surface area contributed by atoms with Gasteiger partial charge in [0.25, 0.3) is 0 Å². The molecular formula is C23H31FIN5O. The molecule has 0 radical (unpaired) electrons. The lowest BCUT2D eigenvalue weighted by Gasteiger charge is -2.37. The van der Waals surface area contributed by atoms with E-state index in [0.717, 1.165) is 65.0 Å². The van der Waals surface area contributed by atoms with Crippen molar-refractivity contribution in [3.63, 3.8) is 0 Å². The third-order valence-electron chi connectivity index (χ3n) is 5.75. The third-order valence-corrected chi connectivity index (χ3v) is 5.75. The van der Waals surface area contributed by atoms with E-state index in [2.05, 4.69) is 49.3 Å². The number of nitrogens with zero attached hydrogens (tertiary/aromatic N) is 4. The van der Waals surface area contributed by atoms with E-state index in [1.165, 1.54) is 17.3 Å². The first kappa shape index (κ1) is 23.6. The molecule has 168 valence electrons. The van der Waals surface area contributed by atoms with Gasteiger partial charge in [0.2, 0.25) is 0 Å². The Labute approximate surface area is 201 Å². The van der Waals surface area contributed by atoms with E-state index < -0.39 is 0 Å². The lowest BCUT2D eigenvalue weighted by atomic mass is 10.2. The average molecular weight is 539 g/mol. The Morgan fingerprint density at radius 2 is 1.61 bits per heavy atom. The molecular weight excluding hydrogens is 508 g/mol. The molecule has 0 spiro atoms. The number of guanidine groups is 1. The fraction of sp³-hybridized carbons (Fsp3) is 0.435. The van der Waals surface area contributed by atoms with Crippen molar-refractivity contribution in [2.45, 2.75) is 6.54 Å². The summed E-state index contributed by atoms with van der Waals surface area (Å²) in [5.41, 5.74) is 3.15. The molecule has 2 aliphatic heterocycles. The lowest BCUT2D eigenvalue weighted by molar-refractivity contribution is 0.122. The first-order chi connectivity index (χ1) is 14.7. The maximum Gasteiger partial charge on any atom is 0.194 e. The van der Waals surface area contributed by atoms with Gasteiger partial charge >= 0.3 is 0 Å². The Kier molecular flexibility index (Phi) is 8.77. The van der Waals surface area contributed by atoms with Crippen LogP contribution in [0.1, 0.15) is 5.56 Å². The highest BCUT2D eigenvalue weighted by atomic mass is 127. The minimum Gasteiger partial charge on any atom is -0.378 e. The van der Waals surface area contributed by atoms with Crippen LogP contribution in [0.4, 0.5) is 15.8 Å². The van der Waals surface area contributed by atoms with Crippen molar-refractivity contribution < 1.29 is 9.13 Å². The summed E-state index contributed by atoms with van der Waals surface area (Å²) in [5, 5.41) is 3.47. The summed E-state index contributed by atoms with van der Waals surface area (Å²) >= 11 is 0. The number of hydrogen-bond acceptors (Lipinski definition) is 4. The van der Waals surface area contributed by atoms with Gasteiger partial charge in [0.15, 0.2) is 5.96 Å². The number of piperazine rings is 1. The van der Waals surface area contributed by atoms with Gasteiger partial charge in [0.1, 0.15) is 5.82 Å². The van der Waals surface area contributed by atoms with Crippen LogP contribution in [-0.4, -0.2) is 70.4 Å². The van der Waals surface area contributed by atoms with Crippen LogP contribution in [0.15, 0.2) is 53.5 Å². The van der Waals surface area contributed by atoms with E-state index in [0.29, 0.717) is 5.69 Å². The highest BCUT2D eigenvalue weighted by Gasteiger charge is 2.21. The zero-order valence-corrected chi connectivity index (χ0v) is 20.3. The topological polar surface area (TPSA) is 43.3 Å². The molecule has 2 aromatic carbocycles. The second-order valence-electron chi connectivity index (χ2n) is 7.59. The number of morpholine rings is 1. The van der Waals surface area contributed by atoms with E-state index in [9.17, 15) is 4.39 Å². The molecule has 2 aromatic rings. The fourth-order valence-corrected chi connectivity index (χ4v) is 4.03. The Morgan fingerprint density at radius 1 is 0.935 bits per heavy atom. The zero-order valence-electron chi connectivity index (χ0n) is 18.0. The first-order valence-corrected chi connectivity index (χ1v) is 10.6. The number of halogens is 2. The number of para-hydroxylation sites is 1. The number of ether oxygens (including phenoxy) is 1. The van der Waals surface area contributed by atoms with E-state index in [4.69, 9.17) is 4.74 Å². The second-order valence-corrected chi connectivity index (χ2v) is 7.59. The molecule has 2 aliphatic rings. The van der Waals surface area contributed by atoms with Crippen molar-refractivity contribution >= 4 is 41.3 Å². The van der Waals surface area contributed by atoms with Gasteiger partial charge in [-0.05, 0) is 29.8 Å². The molecule has 2 saturated heterocycles. The van der Waals surface area contributed by atoms with Crippen LogP contribution >= 0.6 is 24.0 Å². The number of anilines is 2. The van der Waals surface area contributed by atoms with Crippen LogP contribution < -0.4 is 15.1 Å². The first-order valence-electron chi connectivity index (χ1n) is 10.6. The molecule has 0 saturated carbocycles. The van der Waals surface area contributed by atoms with Crippen LogP contribution in [0.2, 0.25) is 0 Å². The minimum atomic E-state index is -0.158. The summed E-state index contributed by atoms with van der Waals surface area (Å²) in [6, 6.07) is 15.7. The van der Waals surface area contributed by atoms with Gasteiger partial charge in [-0.3, -0.25) is 4.99 Å². The molecule has 0 bridgehead atoms. The molecule has 2 heterocycles. The number of nitrogens with one attached hydrogen (secondary N) is 1. The molecule has 2 fully saturated rings. The molecule has 0 aliphatic carbocycles. The number of aliphatic imine (C=N–C) groups is 1. The average Bonchev–Trinajstić information content (AvgIpc) is 2.81. The Hall–Kier alpha value is -2.07. The summed E-state index contributed by atoms with van der Waals surface area (Å²) in [7, 11) is 1.81. The van der Waals surface area contributed by atoms with Crippen LogP contribution in [-0.2, 0) is 11.3 Å². The maximum atomic E-state index is 14.1. The molecule has 0 amide bonds. The Morgan fingerprint density at radius 3 is 2.26 bits per heavy atom. The molecule has 1 N–H and O–H groups in total. The minimum absolute atomic E-state index is 0. The van der Waals surface area contributed by atoms with Crippen LogP contribution in [0, 0.1) is 5.82 Å². The summed E-state index contributed by atoms with van der Waals surface area (Å²) in [6.07, 6.45) is 0. The van der Waals surface area contributed by atoms with Crippen LogP contribution in [0.5, 0.6) is 0 Å². The van der Waals surface area contributed by atoms with Crippen molar-refractivity contribution in [2.75, 3.05) is 69.3 Å².